The third-order valence-electron chi connectivity index (χ3n) is 3.85. The summed E-state index contributed by atoms with van der Waals surface area (Å²) in [6.07, 6.45) is 4.07. The predicted octanol–water partition coefficient (Wildman–Crippen LogP) is 2.51. The van der Waals surface area contributed by atoms with Crippen LogP contribution >= 0.6 is 0 Å². The molecule has 6 heteroatoms. The van der Waals surface area contributed by atoms with Gasteiger partial charge in [0.25, 0.3) is 5.91 Å². The molecule has 1 aromatic rings. The van der Waals surface area contributed by atoms with Gasteiger partial charge in [0.1, 0.15) is 0 Å². The van der Waals surface area contributed by atoms with Crippen LogP contribution in [-0.4, -0.2) is 40.9 Å². The number of amides is 2. The van der Waals surface area contributed by atoms with Crippen molar-refractivity contribution in [2.24, 2.45) is 0 Å². The van der Waals surface area contributed by atoms with Crippen LogP contribution in [-0.2, 0) is 9.59 Å². The molecule has 2 rings (SSSR count). The van der Waals surface area contributed by atoms with E-state index in [1.54, 1.807) is 24.3 Å². The highest BCUT2D eigenvalue weighted by Gasteiger charge is 2.17. The molecule has 23 heavy (non-hydrogen) atoms. The first-order chi connectivity index (χ1) is 11.1. The molecule has 2 N–H and O–H groups in total. The highest BCUT2D eigenvalue weighted by atomic mass is 16.4. The summed E-state index contributed by atoms with van der Waals surface area (Å²) < 4.78 is 0. The third-order valence-corrected chi connectivity index (χ3v) is 3.85. The maximum atomic E-state index is 12.5. The zero-order valence-corrected chi connectivity index (χ0v) is 13.1. The minimum Gasteiger partial charge on any atom is -0.481 e. The number of hydrogen-bond donors (Lipinski definition) is 2. The van der Waals surface area contributed by atoms with Gasteiger partial charge < -0.3 is 15.3 Å². The van der Waals surface area contributed by atoms with Crippen LogP contribution in [0.5, 0.6) is 0 Å². The summed E-state index contributed by atoms with van der Waals surface area (Å²) in [7, 11) is 0. The maximum absolute atomic E-state index is 12.5. The molecular formula is C17H22N2O4. The Morgan fingerprint density at radius 1 is 1.04 bits per heavy atom. The van der Waals surface area contributed by atoms with Crippen molar-refractivity contribution in [2.45, 2.75) is 38.5 Å². The van der Waals surface area contributed by atoms with Gasteiger partial charge in [0.15, 0.2) is 0 Å². The van der Waals surface area contributed by atoms with Crippen LogP contribution in [0.15, 0.2) is 24.3 Å². The van der Waals surface area contributed by atoms with E-state index in [4.69, 9.17) is 5.11 Å². The Bertz CT molecular complexity index is 578. The SMILES string of the molecule is O=C(O)CCC(=O)Nc1cccc(C(=O)N2CCCCCC2)c1. The minimum atomic E-state index is -1.01. The quantitative estimate of drug-likeness (QED) is 0.873. The molecular weight excluding hydrogens is 296 g/mol. The monoisotopic (exact) mass is 318 g/mol. The predicted molar refractivity (Wildman–Crippen MR) is 86.3 cm³/mol. The Balaban J connectivity index is 1.99. The Hall–Kier alpha value is -2.37. The number of carboxylic acids is 1. The molecule has 124 valence electrons. The molecule has 1 saturated heterocycles. The molecule has 0 atom stereocenters. The van der Waals surface area contributed by atoms with Crippen LogP contribution in [0.3, 0.4) is 0 Å². The number of hydrogen-bond acceptors (Lipinski definition) is 3. The maximum Gasteiger partial charge on any atom is 0.303 e. The lowest BCUT2D eigenvalue weighted by molar-refractivity contribution is -0.138. The summed E-state index contributed by atoms with van der Waals surface area (Å²) in [4.78, 5) is 36.5. The number of rotatable bonds is 5. The number of carbonyl (C=O) groups is 3. The average molecular weight is 318 g/mol. The molecule has 0 aromatic heterocycles. The van der Waals surface area contributed by atoms with Crippen molar-refractivity contribution < 1.29 is 19.5 Å². The number of anilines is 1. The minimum absolute atomic E-state index is 0.0199. The first-order valence-corrected chi connectivity index (χ1v) is 7.97. The Morgan fingerprint density at radius 2 is 1.74 bits per heavy atom. The van der Waals surface area contributed by atoms with Crippen molar-refractivity contribution >= 4 is 23.5 Å². The van der Waals surface area contributed by atoms with Crippen LogP contribution in [0.25, 0.3) is 0 Å². The Kier molecular flexibility index (Phi) is 6.14. The van der Waals surface area contributed by atoms with Crippen molar-refractivity contribution in [3.05, 3.63) is 29.8 Å². The van der Waals surface area contributed by atoms with Gasteiger partial charge in [-0.15, -0.1) is 0 Å². The molecule has 0 spiro atoms. The second-order valence-electron chi connectivity index (χ2n) is 5.73. The number of nitrogens with one attached hydrogen (secondary N) is 1. The van der Waals surface area contributed by atoms with Gasteiger partial charge >= 0.3 is 5.97 Å². The zero-order valence-electron chi connectivity index (χ0n) is 13.1. The van der Waals surface area contributed by atoms with E-state index in [2.05, 4.69) is 5.32 Å². The fourth-order valence-corrected chi connectivity index (χ4v) is 2.63. The summed E-state index contributed by atoms with van der Waals surface area (Å²) in [5, 5.41) is 11.2. The molecule has 1 aliphatic heterocycles. The molecule has 1 heterocycles. The average Bonchev–Trinajstić information content (AvgIpc) is 2.81. The van der Waals surface area contributed by atoms with Crippen molar-refractivity contribution in [3.8, 4) is 0 Å². The smallest absolute Gasteiger partial charge is 0.303 e. The molecule has 6 nitrogen and oxygen atoms in total. The summed E-state index contributed by atoms with van der Waals surface area (Å²) >= 11 is 0. The highest BCUT2D eigenvalue weighted by Crippen LogP contribution is 2.16. The van der Waals surface area contributed by atoms with E-state index in [1.807, 2.05) is 4.90 Å². The van der Waals surface area contributed by atoms with Crippen molar-refractivity contribution in [1.82, 2.24) is 4.90 Å². The van der Waals surface area contributed by atoms with Crippen LogP contribution in [0, 0.1) is 0 Å². The standard InChI is InChI=1S/C17H22N2O4/c20-15(8-9-16(21)22)18-14-7-5-6-13(12-14)17(23)19-10-3-1-2-4-11-19/h5-7,12H,1-4,8-11H2,(H,18,20)(H,21,22). The Labute approximate surface area is 135 Å². The molecule has 0 bridgehead atoms. The fourth-order valence-electron chi connectivity index (χ4n) is 2.63. The first-order valence-electron chi connectivity index (χ1n) is 7.97. The Morgan fingerprint density at radius 3 is 2.39 bits per heavy atom. The molecule has 0 saturated carbocycles. The largest absolute Gasteiger partial charge is 0.481 e. The zero-order chi connectivity index (χ0) is 16.7. The summed E-state index contributed by atoms with van der Waals surface area (Å²) in [5.74, 6) is -1.40. The molecule has 1 aliphatic rings. The number of nitrogens with zero attached hydrogens (tertiary/aromatic N) is 1. The van der Waals surface area contributed by atoms with E-state index < -0.39 is 5.97 Å². The molecule has 2 amide bonds. The van der Waals surface area contributed by atoms with E-state index in [9.17, 15) is 14.4 Å². The molecule has 0 unspecified atom stereocenters. The van der Waals surface area contributed by atoms with Gasteiger partial charge in [-0.05, 0) is 31.0 Å². The van der Waals surface area contributed by atoms with Crippen molar-refractivity contribution in [1.29, 1.82) is 0 Å². The molecule has 0 radical (unpaired) electrons. The summed E-state index contributed by atoms with van der Waals surface area (Å²) in [6.45, 7) is 1.54. The number of aliphatic carboxylic acids is 1. The third kappa shape index (κ3) is 5.39. The lowest BCUT2D eigenvalue weighted by Crippen LogP contribution is -2.31. The van der Waals surface area contributed by atoms with E-state index in [1.165, 1.54) is 0 Å². The van der Waals surface area contributed by atoms with Gasteiger partial charge in [-0.25, -0.2) is 0 Å². The van der Waals surface area contributed by atoms with Crippen molar-refractivity contribution in [2.75, 3.05) is 18.4 Å². The van der Waals surface area contributed by atoms with E-state index in [0.29, 0.717) is 11.3 Å². The highest BCUT2D eigenvalue weighted by molar-refractivity contribution is 5.97. The lowest BCUT2D eigenvalue weighted by atomic mass is 10.1. The van der Waals surface area contributed by atoms with E-state index >= 15 is 0 Å². The van der Waals surface area contributed by atoms with Gasteiger partial charge in [0.05, 0.1) is 6.42 Å². The topological polar surface area (TPSA) is 86.7 Å². The number of likely N-dealkylation sites (tertiary alicyclic amines) is 1. The van der Waals surface area contributed by atoms with Crippen molar-refractivity contribution in [3.63, 3.8) is 0 Å². The molecule has 0 aliphatic carbocycles. The van der Waals surface area contributed by atoms with Crippen LogP contribution in [0.2, 0.25) is 0 Å². The fraction of sp³-hybridized carbons (Fsp3) is 0.471. The normalized spacial score (nSPS) is 14.9. The first kappa shape index (κ1) is 17.0. The number of carbonyl (C=O) groups excluding carboxylic acids is 2. The van der Waals surface area contributed by atoms with Gasteiger partial charge in [0, 0.05) is 30.8 Å². The second kappa shape index (κ2) is 8.31. The van der Waals surface area contributed by atoms with E-state index in [-0.39, 0.29) is 24.7 Å². The van der Waals surface area contributed by atoms with Gasteiger partial charge in [-0.2, -0.15) is 0 Å². The summed E-state index contributed by atoms with van der Waals surface area (Å²) in [6, 6.07) is 6.79. The van der Waals surface area contributed by atoms with Crippen LogP contribution < -0.4 is 5.32 Å². The van der Waals surface area contributed by atoms with E-state index in [0.717, 1.165) is 38.8 Å². The van der Waals surface area contributed by atoms with Gasteiger partial charge in [-0.3, -0.25) is 14.4 Å². The van der Waals surface area contributed by atoms with Crippen LogP contribution in [0.1, 0.15) is 48.9 Å². The number of benzene rings is 1. The molecule has 1 aromatic carbocycles. The lowest BCUT2D eigenvalue weighted by Gasteiger charge is -2.20. The van der Waals surface area contributed by atoms with Gasteiger partial charge in [-0.1, -0.05) is 18.9 Å². The van der Waals surface area contributed by atoms with Crippen LogP contribution in [0.4, 0.5) is 5.69 Å². The number of carboxylic acid groups (broad SMARTS) is 1. The van der Waals surface area contributed by atoms with Gasteiger partial charge in [0.2, 0.25) is 5.91 Å². The molecule has 1 fully saturated rings. The summed E-state index contributed by atoms with van der Waals surface area (Å²) in [5.41, 5.74) is 1.06. The second-order valence-corrected chi connectivity index (χ2v) is 5.73.